The minimum atomic E-state index is -2.89. The lowest BCUT2D eigenvalue weighted by molar-refractivity contribution is 0.145. The SMILES string of the molecule is COc1c(C)cnc(CC(O)CC2CCS(=O)(=O)C2)c1C. The van der Waals surface area contributed by atoms with Gasteiger partial charge in [-0.15, -0.1) is 0 Å². The summed E-state index contributed by atoms with van der Waals surface area (Å²) in [4.78, 5) is 4.37. The molecule has 0 spiro atoms. The lowest BCUT2D eigenvalue weighted by Crippen LogP contribution is -2.18. The molecule has 6 heteroatoms. The average molecular weight is 313 g/mol. The van der Waals surface area contributed by atoms with Crippen molar-refractivity contribution in [3.63, 3.8) is 0 Å². The van der Waals surface area contributed by atoms with Crippen LogP contribution in [-0.4, -0.2) is 43.2 Å². The summed E-state index contributed by atoms with van der Waals surface area (Å²) in [6, 6.07) is 0. The van der Waals surface area contributed by atoms with Crippen LogP contribution in [-0.2, 0) is 16.3 Å². The van der Waals surface area contributed by atoms with Gasteiger partial charge in [-0.05, 0) is 32.6 Å². The van der Waals surface area contributed by atoms with Crippen LogP contribution in [0.2, 0.25) is 0 Å². The van der Waals surface area contributed by atoms with Crippen LogP contribution >= 0.6 is 0 Å². The van der Waals surface area contributed by atoms with E-state index in [-0.39, 0.29) is 17.4 Å². The summed E-state index contributed by atoms with van der Waals surface area (Å²) < 4.78 is 28.2. The second kappa shape index (κ2) is 6.32. The highest BCUT2D eigenvalue weighted by Gasteiger charge is 2.29. The van der Waals surface area contributed by atoms with E-state index in [9.17, 15) is 13.5 Å². The fraction of sp³-hybridized carbons (Fsp3) is 0.667. The van der Waals surface area contributed by atoms with E-state index < -0.39 is 15.9 Å². The Kier molecular flexibility index (Phi) is 4.88. The molecule has 1 fully saturated rings. The molecule has 1 N–H and O–H groups in total. The summed E-state index contributed by atoms with van der Waals surface area (Å²) in [6.07, 6.45) is 2.77. The number of nitrogens with zero attached hydrogens (tertiary/aromatic N) is 1. The standard InChI is InChI=1S/C15H23NO4S/c1-10-8-16-14(11(2)15(10)20-3)7-13(17)6-12-4-5-21(18,19)9-12/h8,12-13,17H,4-7,9H2,1-3H3. The summed E-state index contributed by atoms with van der Waals surface area (Å²) in [5.74, 6) is 1.32. The Morgan fingerprint density at radius 2 is 2.19 bits per heavy atom. The smallest absolute Gasteiger partial charge is 0.150 e. The predicted octanol–water partition coefficient (Wildman–Crippen LogP) is 1.44. The minimum Gasteiger partial charge on any atom is -0.496 e. The first kappa shape index (κ1) is 16.2. The maximum absolute atomic E-state index is 11.4. The third kappa shape index (κ3) is 3.95. The van der Waals surface area contributed by atoms with Crippen molar-refractivity contribution >= 4 is 9.84 Å². The lowest BCUT2D eigenvalue weighted by atomic mass is 9.97. The maximum Gasteiger partial charge on any atom is 0.150 e. The van der Waals surface area contributed by atoms with Gasteiger partial charge in [0, 0.05) is 29.4 Å². The van der Waals surface area contributed by atoms with Crippen molar-refractivity contribution in [3.8, 4) is 5.75 Å². The molecule has 0 aromatic carbocycles. The predicted molar refractivity (Wildman–Crippen MR) is 81.4 cm³/mol. The van der Waals surface area contributed by atoms with Crippen LogP contribution < -0.4 is 4.74 Å². The number of hydrogen-bond acceptors (Lipinski definition) is 5. The van der Waals surface area contributed by atoms with E-state index in [1.807, 2.05) is 13.8 Å². The van der Waals surface area contributed by atoms with Crippen LogP contribution in [0.1, 0.15) is 29.7 Å². The van der Waals surface area contributed by atoms with Crippen LogP contribution in [0, 0.1) is 19.8 Å². The first-order valence-electron chi connectivity index (χ1n) is 7.20. The zero-order valence-corrected chi connectivity index (χ0v) is 13.6. The number of hydrogen-bond donors (Lipinski definition) is 1. The van der Waals surface area contributed by atoms with Gasteiger partial charge in [-0.3, -0.25) is 4.98 Å². The molecule has 1 saturated heterocycles. The first-order valence-corrected chi connectivity index (χ1v) is 9.02. The number of methoxy groups -OCH3 is 1. The maximum atomic E-state index is 11.4. The Morgan fingerprint density at radius 1 is 1.48 bits per heavy atom. The zero-order chi connectivity index (χ0) is 15.6. The van der Waals surface area contributed by atoms with E-state index in [0.29, 0.717) is 19.3 Å². The van der Waals surface area contributed by atoms with Gasteiger partial charge in [0.1, 0.15) is 5.75 Å². The van der Waals surface area contributed by atoms with Crippen molar-refractivity contribution in [1.82, 2.24) is 4.98 Å². The normalized spacial score (nSPS) is 22.2. The molecule has 5 nitrogen and oxygen atoms in total. The van der Waals surface area contributed by atoms with Gasteiger partial charge in [0.2, 0.25) is 0 Å². The van der Waals surface area contributed by atoms with Crippen LogP contribution in [0.3, 0.4) is 0 Å². The first-order chi connectivity index (χ1) is 9.82. The monoisotopic (exact) mass is 313 g/mol. The number of pyridine rings is 1. The largest absolute Gasteiger partial charge is 0.496 e. The van der Waals surface area contributed by atoms with Gasteiger partial charge in [0.15, 0.2) is 9.84 Å². The molecule has 0 radical (unpaired) electrons. The van der Waals surface area contributed by atoms with Crippen molar-refractivity contribution in [3.05, 3.63) is 23.0 Å². The quantitative estimate of drug-likeness (QED) is 0.890. The number of aliphatic hydroxyl groups excluding tert-OH is 1. The number of ether oxygens (including phenoxy) is 1. The highest BCUT2D eigenvalue weighted by Crippen LogP contribution is 2.27. The molecule has 118 valence electrons. The van der Waals surface area contributed by atoms with E-state index in [1.165, 1.54) is 0 Å². The molecule has 2 atom stereocenters. The van der Waals surface area contributed by atoms with Crippen molar-refractivity contribution < 1.29 is 18.3 Å². The summed E-state index contributed by atoms with van der Waals surface area (Å²) >= 11 is 0. The van der Waals surface area contributed by atoms with Crippen molar-refractivity contribution in [2.24, 2.45) is 5.92 Å². The van der Waals surface area contributed by atoms with Crippen LogP contribution in [0.15, 0.2) is 6.20 Å². The summed E-state index contributed by atoms with van der Waals surface area (Å²) in [7, 11) is -1.26. The molecular formula is C15H23NO4S. The van der Waals surface area contributed by atoms with Gasteiger partial charge in [0.05, 0.1) is 24.7 Å². The Morgan fingerprint density at radius 3 is 2.76 bits per heavy atom. The Labute approximate surface area is 126 Å². The van der Waals surface area contributed by atoms with Gasteiger partial charge >= 0.3 is 0 Å². The number of aromatic nitrogens is 1. The van der Waals surface area contributed by atoms with E-state index in [4.69, 9.17) is 4.74 Å². The molecule has 0 aliphatic carbocycles. The topological polar surface area (TPSA) is 76.5 Å². The summed E-state index contributed by atoms with van der Waals surface area (Å²) in [6.45, 7) is 3.86. The molecule has 21 heavy (non-hydrogen) atoms. The highest BCUT2D eigenvalue weighted by atomic mass is 32.2. The molecule has 0 amide bonds. The zero-order valence-electron chi connectivity index (χ0n) is 12.8. The Bertz CT molecular complexity index is 612. The lowest BCUT2D eigenvalue weighted by Gasteiger charge is -2.17. The van der Waals surface area contributed by atoms with E-state index in [0.717, 1.165) is 22.6 Å². The Hall–Kier alpha value is -1.14. The van der Waals surface area contributed by atoms with Crippen molar-refractivity contribution in [1.29, 1.82) is 0 Å². The van der Waals surface area contributed by atoms with E-state index in [1.54, 1.807) is 13.3 Å². The van der Waals surface area contributed by atoms with Gasteiger partial charge in [-0.25, -0.2) is 8.42 Å². The fourth-order valence-electron chi connectivity index (χ4n) is 3.03. The number of aliphatic hydroxyl groups is 1. The van der Waals surface area contributed by atoms with Gasteiger partial charge < -0.3 is 9.84 Å². The molecule has 2 heterocycles. The highest BCUT2D eigenvalue weighted by molar-refractivity contribution is 7.91. The number of sulfone groups is 1. The Balaban J connectivity index is 2.02. The summed E-state index contributed by atoms with van der Waals surface area (Å²) in [5, 5.41) is 10.2. The minimum absolute atomic E-state index is 0.0673. The van der Waals surface area contributed by atoms with Crippen LogP contribution in [0.4, 0.5) is 0 Å². The molecular weight excluding hydrogens is 290 g/mol. The second-order valence-electron chi connectivity index (χ2n) is 5.91. The van der Waals surface area contributed by atoms with Gasteiger partial charge in [0.25, 0.3) is 0 Å². The van der Waals surface area contributed by atoms with Crippen molar-refractivity contribution in [2.75, 3.05) is 18.6 Å². The molecule has 1 aliphatic heterocycles. The van der Waals surface area contributed by atoms with Gasteiger partial charge in [-0.1, -0.05) is 0 Å². The third-order valence-corrected chi connectivity index (χ3v) is 5.95. The third-order valence-electron chi connectivity index (χ3n) is 4.11. The van der Waals surface area contributed by atoms with E-state index >= 15 is 0 Å². The molecule has 1 aromatic heterocycles. The number of rotatable bonds is 5. The summed E-state index contributed by atoms with van der Waals surface area (Å²) in [5.41, 5.74) is 2.72. The molecule has 2 unspecified atom stereocenters. The van der Waals surface area contributed by atoms with Gasteiger partial charge in [-0.2, -0.15) is 0 Å². The molecule has 2 rings (SSSR count). The number of aryl methyl sites for hydroxylation is 1. The molecule has 1 aliphatic rings. The molecule has 0 bridgehead atoms. The average Bonchev–Trinajstić information content (AvgIpc) is 2.73. The van der Waals surface area contributed by atoms with Crippen LogP contribution in [0.25, 0.3) is 0 Å². The van der Waals surface area contributed by atoms with E-state index in [2.05, 4.69) is 4.98 Å². The molecule has 1 aromatic rings. The van der Waals surface area contributed by atoms with Crippen LogP contribution in [0.5, 0.6) is 5.75 Å². The van der Waals surface area contributed by atoms with Crippen molar-refractivity contribution in [2.45, 2.75) is 39.2 Å². The fourth-order valence-corrected chi connectivity index (χ4v) is 4.91. The second-order valence-corrected chi connectivity index (χ2v) is 8.14. The molecule has 0 saturated carbocycles.